The fraction of sp³-hybridized carbons (Fsp3) is 0.464. The van der Waals surface area contributed by atoms with Crippen LogP contribution in [0.25, 0.3) is 0 Å². The molecule has 0 spiro atoms. The Morgan fingerprint density at radius 2 is 1.77 bits per heavy atom. The summed E-state index contributed by atoms with van der Waals surface area (Å²) in [5.74, 6) is -1.17. The molecule has 2 N–H and O–H groups in total. The number of benzene rings is 2. The van der Waals surface area contributed by atoms with Crippen molar-refractivity contribution < 1.29 is 37.1 Å². The van der Waals surface area contributed by atoms with E-state index in [0.717, 1.165) is 43.1 Å². The molecular formula is C28H33F3N4O4. The van der Waals surface area contributed by atoms with E-state index in [1.807, 2.05) is 30.3 Å². The molecule has 210 valence electrons. The minimum Gasteiger partial charge on any atom is -0.498 e. The van der Waals surface area contributed by atoms with Crippen molar-refractivity contribution in [1.82, 2.24) is 15.5 Å². The van der Waals surface area contributed by atoms with Crippen LogP contribution in [0, 0.1) is 0 Å². The number of rotatable bonds is 7. The highest BCUT2D eigenvalue weighted by Gasteiger charge is 2.37. The highest BCUT2D eigenvalue weighted by Crippen LogP contribution is 2.30. The lowest BCUT2D eigenvalue weighted by molar-refractivity contribution is -0.888. The number of hydrogen-bond donors (Lipinski definition) is 2. The molecule has 11 heteroatoms. The first-order chi connectivity index (χ1) is 18.6. The van der Waals surface area contributed by atoms with Crippen LogP contribution in [0.2, 0.25) is 0 Å². The number of alkyl halides is 3. The number of halogens is 3. The summed E-state index contributed by atoms with van der Waals surface area (Å²) in [7, 11) is 0. The van der Waals surface area contributed by atoms with Crippen molar-refractivity contribution in [2.24, 2.45) is 0 Å². The molecule has 0 saturated carbocycles. The molecule has 0 aliphatic carbocycles. The fourth-order valence-corrected chi connectivity index (χ4v) is 5.60. The summed E-state index contributed by atoms with van der Waals surface area (Å²) in [5.41, 5.74) is -0.138. The molecule has 0 aromatic heterocycles. The van der Waals surface area contributed by atoms with Gasteiger partial charge in [-0.05, 0) is 37.5 Å². The standard InChI is InChI=1S/C28H33F3N4O4/c29-28(30,31)22-9-4-8-21(16-22)26(37)32-17-25(36)33-23-11-13-34(18-23)24-10-5-14-35(15-12-24,27(38)39)19-20-6-2-1-3-7-20/h1-4,6-9,16,23-24H,5,10-15,17-19H2,(H2-,32,33,36,37,38,39)/t23-,24-,35?/m1/s1. The monoisotopic (exact) mass is 546 g/mol. The van der Waals surface area contributed by atoms with E-state index in [1.165, 1.54) is 6.07 Å². The Labute approximate surface area is 225 Å². The second-order valence-electron chi connectivity index (χ2n) is 10.4. The van der Waals surface area contributed by atoms with Crippen molar-refractivity contribution in [3.05, 3.63) is 71.3 Å². The number of quaternary nitrogens is 1. The summed E-state index contributed by atoms with van der Waals surface area (Å²) < 4.78 is 38.6. The van der Waals surface area contributed by atoms with Gasteiger partial charge in [0.2, 0.25) is 5.91 Å². The third-order valence-corrected chi connectivity index (χ3v) is 7.69. The van der Waals surface area contributed by atoms with Gasteiger partial charge in [-0.1, -0.05) is 36.4 Å². The smallest absolute Gasteiger partial charge is 0.416 e. The molecule has 1 unspecified atom stereocenters. The molecule has 2 aromatic rings. The summed E-state index contributed by atoms with van der Waals surface area (Å²) >= 11 is 0. The number of carbonyl (C=O) groups excluding carboxylic acids is 3. The number of amides is 3. The number of likely N-dealkylation sites (tertiary alicyclic amines) is 2. The van der Waals surface area contributed by atoms with Crippen molar-refractivity contribution in [1.29, 1.82) is 0 Å². The molecule has 2 aliphatic heterocycles. The maximum absolute atomic E-state index is 12.9. The largest absolute Gasteiger partial charge is 0.498 e. The van der Waals surface area contributed by atoms with Crippen LogP contribution in [0.4, 0.5) is 18.0 Å². The molecule has 0 bridgehead atoms. The molecule has 2 saturated heterocycles. The van der Waals surface area contributed by atoms with E-state index in [1.54, 1.807) is 0 Å². The van der Waals surface area contributed by atoms with Crippen LogP contribution in [0.5, 0.6) is 0 Å². The molecule has 2 aliphatic rings. The summed E-state index contributed by atoms with van der Waals surface area (Å²) in [4.78, 5) is 39.2. The van der Waals surface area contributed by atoms with Gasteiger partial charge >= 0.3 is 6.18 Å². The first-order valence-corrected chi connectivity index (χ1v) is 13.2. The topological polar surface area (TPSA) is 102 Å². The molecule has 0 radical (unpaired) electrons. The molecular weight excluding hydrogens is 513 g/mol. The van der Waals surface area contributed by atoms with Crippen LogP contribution in [0.15, 0.2) is 54.6 Å². The molecule has 8 nitrogen and oxygen atoms in total. The van der Waals surface area contributed by atoms with Crippen LogP contribution in [0.3, 0.4) is 0 Å². The van der Waals surface area contributed by atoms with E-state index in [4.69, 9.17) is 0 Å². The lowest BCUT2D eigenvalue weighted by Gasteiger charge is -2.37. The van der Waals surface area contributed by atoms with Crippen LogP contribution in [0.1, 0.15) is 47.2 Å². The van der Waals surface area contributed by atoms with Crippen molar-refractivity contribution in [3.63, 3.8) is 0 Å². The van der Waals surface area contributed by atoms with Crippen molar-refractivity contribution in [2.75, 3.05) is 32.7 Å². The second-order valence-corrected chi connectivity index (χ2v) is 10.4. The SMILES string of the molecule is O=C(CNC(=O)c1cccc(C(F)(F)F)c1)N[C@@H]1CCN([C@@H]2CCC[N+](Cc3ccccc3)(C(=O)[O-])CC2)C1. The zero-order valence-electron chi connectivity index (χ0n) is 21.6. The normalized spacial score (nSPS) is 24.1. The Hall–Kier alpha value is -3.44. The Morgan fingerprint density at radius 3 is 2.49 bits per heavy atom. The van der Waals surface area contributed by atoms with E-state index in [0.29, 0.717) is 39.0 Å². The molecule has 3 amide bonds. The number of nitrogens with one attached hydrogen (secondary N) is 2. The second kappa shape index (κ2) is 12.2. The summed E-state index contributed by atoms with van der Waals surface area (Å²) in [6, 6.07) is 13.7. The van der Waals surface area contributed by atoms with Gasteiger partial charge in [0.05, 0.1) is 25.2 Å². The quantitative estimate of drug-likeness (QED) is 0.520. The van der Waals surface area contributed by atoms with Gasteiger partial charge in [0.15, 0.2) is 0 Å². The van der Waals surface area contributed by atoms with E-state index in [2.05, 4.69) is 15.5 Å². The third kappa shape index (κ3) is 7.36. The van der Waals surface area contributed by atoms with Crippen LogP contribution in [-0.4, -0.2) is 72.1 Å². The maximum Gasteiger partial charge on any atom is 0.416 e. The molecule has 39 heavy (non-hydrogen) atoms. The summed E-state index contributed by atoms with van der Waals surface area (Å²) in [6.45, 7) is 2.39. The first kappa shape index (κ1) is 28.6. The highest BCUT2D eigenvalue weighted by molar-refractivity contribution is 5.96. The molecule has 3 atom stereocenters. The van der Waals surface area contributed by atoms with Gasteiger partial charge < -0.3 is 20.5 Å². The Morgan fingerprint density at radius 1 is 1.00 bits per heavy atom. The van der Waals surface area contributed by atoms with Gasteiger partial charge in [0.1, 0.15) is 6.54 Å². The lowest BCUT2D eigenvalue weighted by atomic mass is 10.1. The third-order valence-electron chi connectivity index (χ3n) is 7.69. The minimum atomic E-state index is -4.56. The van der Waals surface area contributed by atoms with Crippen LogP contribution < -0.4 is 15.7 Å². The lowest BCUT2D eigenvalue weighted by Crippen LogP contribution is -2.58. The summed E-state index contributed by atoms with van der Waals surface area (Å²) in [6.07, 6.45) is -2.59. The zero-order chi connectivity index (χ0) is 28.0. The van der Waals surface area contributed by atoms with Crippen molar-refractivity contribution >= 4 is 17.9 Å². The van der Waals surface area contributed by atoms with Crippen LogP contribution in [-0.2, 0) is 17.5 Å². The average Bonchev–Trinajstić information content (AvgIpc) is 3.26. The minimum absolute atomic E-state index is 0.0971. The van der Waals surface area contributed by atoms with Crippen molar-refractivity contribution in [2.45, 2.75) is 50.5 Å². The Kier molecular flexibility index (Phi) is 8.91. The average molecular weight is 547 g/mol. The van der Waals surface area contributed by atoms with E-state index < -0.39 is 29.6 Å². The number of carboxylic acid groups (broad SMARTS) is 1. The highest BCUT2D eigenvalue weighted by atomic mass is 19.4. The van der Waals surface area contributed by atoms with Gasteiger partial charge in [-0.25, -0.2) is 0 Å². The van der Waals surface area contributed by atoms with Gasteiger partial charge in [-0.3, -0.25) is 19.0 Å². The van der Waals surface area contributed by atoms with Gasteiger partial charge in [0.25, 0.3) is 12.0 Å². The number of carbonyl (C=O) groups is 3. The van der Waals surface area contributed by atoms with Gasteiger partial charge in [-0.15, -0.1) is 0 Å². The Bertz CT molecular complexity index is 1180. The van der Waals surface area contributed by atoms with Gasteiger partial charge in [0, 0.05) is 42.7 Å². The molecule has 2 heterocycles. The maximum atomic E-state index is 12.9. The van der Waals surface area contributed by atoms with Crippen molar-refractivity contribution in [3.8, 4) is 0 Å². The molecule has 2 fully saturated rings. The van der Waals surface area contributed by atoms with E-state index in [9.17, 15) is 32.7 Å². The fourth-order valence-electron chi connectivity index (χ4n) is 5.60. The first-order valence-electron chi connectivity index (χ1n) is 13.2. The summed E-state index contributed by atoms with van der Waals surface area (Å²) in [5, 5.41) is 17.5. The predicted octanol–water partition coefficient (Wildman–Crippen LogP) is 2.54. The molecule has 2 aromatic carbocycles. The predicted molar refractivity (Wildman–Crippen MR) is 135 cm³/mol. The van der Waals surface area contributed by atoms with Crippen LogP contribution >= 0.6 is 0 Å². The Balaban J connectivity index is 1.25. The zero-order valence-corrected chi connectivity index (χ0v) is 21.6. The van der Waals surface area contributed by atoms with Gasteiger partial charge in [-0.2, -0.15) is 13.2 Å². The number of nitrogens with zero attached hydrogens (tertiary/aromatic N) is 2. The van der Waals surface area contributed by atoms with E-state index in [-0.39, 0.29) is 28.7 Å². The number of hydrogen-bond acceptors (Lipinski definition) is 5. The van der Waals surface area contributed by atoms with E-state index >= 15 is 0 Å². The molecule has 4 rings (SSSR count).